The lowest BCUT2D eigenvalue weighted by Crippen LogP contribution is -2.49. The highest BCUT2D eigenvalue weighted by molar-refractivity contribution is 7.92. The lowest BCUT2D eigenvalue weighted by atomic mass is 10.4. The number of furan rings is 1. The Morgan fingerprint density at radius 3 is 2.76 bits per heavy atom. The minimum absolute atomic E-state index is 0.0327. The van der Waals surface area contributed by atoms with Crippen LogP contribution < -0.4 is 5.32 Å². The van der Waals surface area contributed by atoms with E-state index in [1.54, 1.807) is 13.0 Å². The Balaban J connectivity index is 2.20. The molecule has 0 aromatic carbocycles. The molecule has 1 aliphatic rings. The summed E-state index contributed by atoms with van der Waals surface area (Å²) in [4.78, 5) is 0. The fraction of sp³-hybridized carbons (Fsp3) is 0.667. The van der Waals surface area contributed by atoms with E-state index in [-0.39, 0.29) is 23.1 Å². The molecule has 1 N–H and O–H groups in total. The third-order valence-electron chi connectivity index (χ3n) is 3.36. The van der Waals surface area contributed by atoms with Gasteiger partial charge >= 0.3 is 0 Å². The molecule has 0 radical (unpaired) electrons. The molecule has 0 saturated carbocycles. The van der Waals surface area contributed by atoms with Gasteiger partial charge in [-0.1, -0.05) is 6.92 Å². The molecule has 0 amide bonds. The summed E-state index contributed by atoms with van der Waals surface area (Å²) < 4.78 is 54.7. The number of sulfone groups is 1. The van der Waals surface area contributed by atoms with Crippen molar-refractivity contribution in [2.75, 3.05) is 24.6 Å². The van der Waals surface area contributed by atoms with Crippen LogP contribution in [0.5, 0.6) is 0 Å². The molecule has 21 heavy (non-hydrogen) atoms. The quantitative estimate of drug-likeness (QED) is 0.825. The van der Waals surface area contributed by atoms with Crippen LogP contribution in [0.25, 0.3) is 0 Å². The summed E-state index contributed by atoms with van der Waals surface area (Å²) in [5.41, 5.74) is 0. The fourth-order valence-corrected chi connectivity index (χ4v) is 5.63. The van der Waals surface area contributed by atoms with Crippen molar-refractivity contribution in [1.82, 2.24) is 9.62 Å². The lowest BCUT2D eigenvalue weighted by Gasteiger charge is -2.31. The molecule has 0 bridgehead atoms. The second-order valence-corrected chi connectivity index (χ2v) is 9.13. The summed E-state index contributed by atoms with van der Waals surface area (Å²) in [5.74, 6) is 0.228. The van der Waals surface area contributed by atoms with Gasteiger partial charge in [0.15, 0.2) is 9.84 Å². The highest BCUT2D eigenvalue weighted by Gasteiger charge is 2.38. The minimum atomic E-state index is -3.79. The second-order valence-electron chi connectivity index (χ2n) is 5.08. The highest BCUT2D eigenvalue weighted by Crippen LogP contribution is 2.23. The monoisotopic (exact) mass is 336 g/mol. The Morgan fingerprint density at radius 1 is 1.43 bits per heavy atom. The van der Waals surface area contributed by atoms with E-state index in [0.717, 1.165) is 6.54 Å². The van der Waals surface area contributed by atoms with Gasteiger partial charge < -0.3 is 9.73 Å². The number of hydrogen-bond donors (Lipinski definition) is 1. The summed E-state index contributed by atoms with van der Waals surface area (Å²) in [6.07, 6.45) is 0. The van der Waals surface area contributed by atoms with Crippen molar-refractivity contribution < 1.29 is 21.3 Å². The van der Waals surface area contributed by atoms with E-state index in [2.05, 4.69) is 5.32 Å². The molecule has 1 unspecified atom stereocenters. The third kappa shape index (κ3) is 3.65. The first kappa shape index (κ1) is 16.5. The molecule has 1 atom stereocenters. The van der Waals surface area contributed by atoms with Crippen molar-refractivity contribution in [1.29, 1.82) is 0 Å². The standard InChI is InChI=1S/C12H20N2O5S2/c1-3-13-8-11-4-5-12(19-11)21(17,18)14-6-7-20(15,16)9-10(14)2/h4-5,10,13H,3,6-9H2,1-2H3. The largest absolute Gasteiger partial charge is 0.447 e. The Bertz CT molecular complexity index is 693. The number of sulfonamides is 1. The van der Waals surface area contributed by atoms with Crippen molar-refractivity contribution in [3.8, 4) is 0 Å². The van der Waals surface area contributed by atoms with Crippen LogP contribution in [0, 0.1) is 0 Å². The summed E-state index contributed by atoms with van der Waals surface area (Å²) in [7, 11) is -6.95. The number of nitrogens with zero attached hydrogens (tertiary/aromatic N) is 1. The zero-order valence-electron chi connectivity index (χ0n) is 12.1. The van der Waals surface area contributed by atoms with E-state index < -0.39 is 25.9 Å². The maximum atomic E-state index is 12.5. The number of hydrogen-bond acceptors (Lipinski definition) is 6. The maximum absolute atomic E-state index is 12.5. The summed E-state index contributed by atoms with van der Waals surface area (Å²) in [6, 6.07) is 2.44. The van der Waals surface area contributed by atoms with Gasteiger partial charge in [0.25, 0.3) is 10.0 Å². The normalized spacial score (nSPS) is 23.2. The first-order chi connectivity index (χ1) is 9.76. The molecule has 7 nitrogen and oxygen atoms in total. The van der Waals surface area contributed by atoms with Gasteiger partial charge in [0.1, 0.15) is 5.76 Å². The van der Waals surface area contributed by atoms with E-state index >= 15 is 0 Å². The van der Waals surface area contributed by atoms with Crippen LogP contribution in [0.1, 0.15) is 19.6 Å². The fourth-order valence-electron chi connectivity index (χ4n) is 2.30. The topological polar surface area (TPSA) is 96.7 Å². The van der Waals surface area contributed by atoms with Crippen LogP contribution in [0.15, 0.2) is 21.6 Å². The van der Waals surface area contributed by atoms with Crippen LogP contribution in [0.4, 0.5) is 0 Å². The van der Waals surface area contributed by atoms with E-state index in [9.17, 15) is 16.8 Å². The molecule has 1 aromatic rings. The Morgan fingerprint density at radius 2 is 2.14 bits per heavy atom. The predicted octanol–water partition coefficient (Wildman–Crippen LogP) is 0.197. The van der Waals surface area contributed by atoms with Crippen LogP contribution in [0.2, 0.25) is 0 Å². The van der Waals surface area contributed by atoms with Gasteiger partial charge in [-0.05, 0) is 25.6 Å². The van der Waals surface area contributed by atoms with E-state index in [1.807, 2.05) is 6.92 Å². The van der Waals surface area contributed by atoms with Crippen LogP contribution >= 0.6 is 0 Å². The van der Waals surface area contributed by atoms with Gasteiger partial charge in [-0.25, -0.2) is 16.8 Å². The highest BCUT2D eigenvalue weighted by atomic mass is 32.2. The van der Waals surface area contributed by atoms with Crippen molar-refractivity contribution in [3.63, 3.8) is 0 Å². The SMILES string of the molecule is CCNCc1ccc(S(=O)(=O)N2CCS(=O)(=O)CC2C)o1. The van der Waals surface area contributed by atoms with Crippen LogP contribution in [-0.2, 0) is 26.4 Å². The van der Waals surface area contributed by atoms with E-state index in [0.29, 0.717) is 12.3 Å². The first-order valence-corrected chi connectivity index (χ1v) is 10.0. The smallest absolute Gasteiger partial charge is 0.276 e. The van der Waals surface area contributed by atoms with Gasteiger partial charge in [0.2, 0.25) is 5.09 Å². The first-order valence-electron chi connectivity index (χ1n) is 6.78. The predicted molar refractivity (Wildman–Crippen MR) is 78.1 cm³/mol. The molecular formula is C12H20N2O5S2. The van der Waals surface area contributed by atoms with Crippen molar-refractivity contribution in [2.45, 2.75) is 31.5 Å². The molecule has 0 spiro atoms. The molecule has 2 rings (SSSR count). The maximum Gasteiger partial charge on any atom is 0.276 e. The Kier molecular flexibility index (Phi) is 4.76. The molecule has 1 aromatic heterocycles. The van der Waals surface area contributed by atoms with Gasteiger partial charge in [-0.3, -0.25) is 0 Å². The van der Waals surface area contributed by atoms with Crippen molar-refractivity contribution >= 4 is 19.9 Å². The Labute approximate surface area is 125 Å². The van der Waals surface area contributed by atoms with Crippen molar-refractivity contribution in [3.05, 3.63) is 17.9 Å². The van der Waals surface area contributed by atoms with Crippen LogP contribution in [-0.4, -0.2) is 51.8 Å². The summed E-state index contributed by atoms with van der Waals surface area (Å²) in [5, 5.41) is 2.91. The average molecular weight is 336 g/mol. The second kappa shape index (κ2) is 6.07. The molecule has 2 heterocycles. The zero-order valence-corrected chi connectivity index (χ0v) is 13.7. The van der Waals surface area contributed by atoms with Gasteiger partial charge in [0.05, 0.1) is 18.1 Å². The average Bonchev–Trinajstić information content (AvgIpc) is 2.84. The molecular weight excluding hydrogens is 316 g/mol. The summed E-state index contributed by atoms with van der Waals surface area (Å²) >= 11 is 0. The molecule has 1 saturated heterocycles. The van der Waals surface area contributed by atoms with Crippen molar-refractivity contribution in [2.24, 2.45) is 0 Å². The lowest BCUT2D eigenvalue weighted by molar-refractivity contribution is 0.332. The summed E-state index contributed by atoms with van der Waals surface area (Å²) in [6.45, 7) is 4.71. The molecule has 9 heteroatoms. The molecule has 0 aliphatic carbocycles. The van der Waals surface area contributed by atoms with Crippen LogP contribution in [0.3, 0.4) is 0 Å². The molecule has 1 fully saturated rings. The van der Waals surface area contributed by atoms with E-state index in [1.165, 1.54) is 10.4 Å². The van der Waals surface area contributed by atoms with E-state index in [4.69, 9.17) is 4.42 Å². The number of nitrogens with one attached hydrogen (secondary N) is 1. The molecule has 1 aliphatic heterocycles. The zero-order chi connectivity index (χ0) is 15.7. The minimum Gasteiger partial charge on any atom is -0.447 e. The Hall–Kier alpha value is -0.900. The van der Waals surface area contributed by atoms with Gasteiger partial charge in [-0.15, -0.1) is 0 Å². The third-order valence-corrected chi connectivity index (χ3v) is 7.04. The van der Waals surface area contributed by atoms with Gasteiger partial charge in [-0.2, -0.15) is 4.31 Å². The van der Waals surface area contributed by atoms with Gasteiger partial charge in [0, 0.05) is 12.6 Å². The number of rotatable bonds is 5. The molecule has 120 valence electrons.